The van der Waals surface area contributed by atoms with E-state index < -0.39 is 5.60 Å². The monoisotopic (exact) mass is 546 g/mol. The van der Waals surface area contributed by atoms with Crippen molar-refractivity contribution in [2.75, 3.05) is 24.2 Å². The lowest BCUT2D eigenvalue weighted by Crippen LogP contribution is -2.59. The number of aromatic nitrogens is 2. The zero-order valence-electron chi connectivity index (χ0n) is 24.6. The number of benzene rings is 2. The van der Waals surface area contributed by atoms with Crippen LogP contribution in [0.4, 0.5) is 10.6 Å². The molecular weight excluding hydrogens is 504 g/mol. The molecule has 4 atom stereocenters. The van der Waals surface area contributed by atoms with Crippen LogP contribution in [0.3, 0.4) is 0 Å². The van der Waals surface area contributed by atoms with Crippen molar-refractivity contribution in [2.24, 2.45) is 5.92 Å². The molecule has 1 amide bonds. The molecule has 3 aromatic rings. The Balaban J connectivity index is 1.49. The maximum atomic E-state index is 12.9. The van der Waals surface area contributed by atoms with Gasteiger partial charge in [0.05, 0.1) is 5.69 Å². The molecule has 2 heterocycles. The van der Waals surface area contributed by atoms with Crippen molar-refractivity contribution in [2.45, 2.75) is 90.1 Å². The summed E-state index contributed by atoms with van der Waals surface area (Å²) in [5.74, 6) is 1.91. The van der Waals surface area contributed by atoms with Gasteiger partial charge in [-0.1, -0.05) is 60.6 Å². The van der Waals surface area contributed by atoms with Gasteiger partial charge in [-0.3, -0.25) is 0 Å². The van der Waals surface area contributed by atoms with Crippen LogP contribution in [0.5, 0.6) is 0 Å². The minimum absolute atomic E-state index is 0.115. The molecule has 0 saturated carbocycles. The van der Waals surface area contributed by atoms with Gasteiger partial charge in [0.15, 0.2) is 5.16 Å². The average molecular weight is 547 g/mol. The lowest BCUT2D eigenvalue weighted by molar-refractivity contribution is 0.0192. The van der Waals surface area contributed by atoms with Gasteiger partial charge in [0.2, 0.25) is 0 Å². The lowest BCUT2D eigenvalue weighted by atomic mass is 9.73. The number of aryl methyl sites for hydroxylation is 1. The van der Waals surface area contributed by atoms with E-state index in [1.165, 1.54) is 33.2 Å². The van der Waals surface area contributed by atoms with E-state index in [-0.39, 0.29) is 18.2 Å². The number of amides is 1. The predicted octanol–water partition coefficient (Wildman–Crippen LogP) is 7.01. The summed E-state index contributed by atoms with van der Waals surface area (Å²) in [4.78, 5) is 27.3. The van der Waals surface area contributed by atoms with Crippen LogP contribution in [0.15, 0.2) is 41.6 Å². The first kappa shape index (κ1) is 27.8. The molecule has 0 bridgehead atoms. The van der Waals surface area contributed by atoms with Gasteiger partial charge in [-0.2, -0.15) is 0 Å². The molecule has 0 radical (unpaired) electrons. The van der Waals surface area contributed by atoms with Crippen molar-refractivity contribution in [1.29, 1.82) is 0 Å². The zero-order chi connectivity index (χ0) is 28.1. The summed E-state index contributed by atoms with van der Waals surface area (Å²) in [6, 6.07) is 13.7. The molecule has 5 rings (SSSR count). The summed E-state index contributed by atoms with van der Waals surface area (Å²) in [5, 5.41) is 3.48. The van der Waals surface area contributed by atoms with Crippen molar-refractivity contribution >= 4 is 34.4 Å². The van der Waals surface area contributed by atoms with E-state index in [0.717, 1.165) is 23.8 Å². The Kier molecular flexibility index (Phi) is 7.57. The van der Waals surface area contributed by atoms with Gasteiger partial charge >= 0.3 is 6.09 Å². The second-order valence-corrected chi connectivity index (χ2v) is 13.3. The van der Waals surface area contributed by atoms with Gasteiger partial charge in [0, 0.05) is 30.7 Å². The smallest absolute Gasteiger partial charge is 0.410 e. The summed E-state index contributed by atoms with van der Waals surface area (Å²) >= 11 is 1.60. The van der Waals surface area contributed by atoms with E-state index in [2.05, 4.69) is 75.2 Å². The molecule has 7 heteroatoms. The first-order chi connectivity index (χ1) is 18.4. The van der Waals surface area contributed by atoms with Crippen LogP contribution in [0, 0.1) is 12.8 Å². The molecule has 1 aliphatic heterocycles. The highest BCUT2D eigenvalue weighted by atomic mass is 32.2. The number of hydrogen-bond acceptors (Lipinski definition) is 6. The first-order valence-electron chi connectivity index (χ1n) is 14.1. The zero-order valence-corrected chi connectivity index (χ0v) is 25.4. The molecule has 2 unspecified atom stereocenters. The maximum Gasteiger partial charge on any atom is 0.410 e. The van der Waals surface area contributed by atoms with Crippen LogP contribution >= 0.6 is 11.8 Å². The number of anilines is 1. The molecule has 0 N–H and O–H groups in total. The Morgan fingerprint density at radius 1 is 1.03 bits per heavy atom. The normalized spacial score (nSPS) is 23.6. The van der Waals surface area contributed by atoms with Gasteiger partial charge in [-0.05, 0) is 88.8 Å². The SMILES string of the molecule is CSc1nc2c(c(N3[C@@H](C)CN(C(=O)OC(C)(C)C)C[C@@H]3C)n1)CC(C)C(c1cc(C)cc3ccccc13)C2. The molecule has 6 nitrogen and oxygen atoms in total. The molecule has 1 aliphatic carbocycles. The molecule has 1 aromatic heterocycles. The summed E-state index contributed by atoms with van der Waals surface area (Å²) < 4.78 is 5.69. The molecule has 1 fully saturated rings. The molecule has 39 heavy (non-hydrogen) atoms. The Labute approximate surface area is 237 Å². The number of carbonyl (C=O) groups excluding carboxylic acids is 1. The summed E-state index contributed by atoms with van der Waals surface area (Å²) in [6.45, 7) is 15.9. The van der Waals surface area contributed by atoms with Crippen LogP contribution in [0.2, 0.25) is 0 Å². The highest BCUT2D eigenvalue weighted by Gasteiger charge is 2.38. The topological polar surface area (TPSA) is 58.6 Å². The molecule has 2 aromatic carbocycles. The number of piperazine rings is 1. The number of rotatable bonds is 3. The van der Waals surface area contributed by atoms with Gasteiger partial charge in [-0.15, -0.1) is 0 Å². The summed E-state index contributed by atoms with van der Waals surface area (Å²) in [7, 11) is 0. The van der Waals surface area contributed by atoms with Crippen molar-refractivity contribution in [3.8, 4) is 0 Å². The Bertz CT molecular complexity index is 1370. The number of carbonyl (C=O) groups is 1. The predicted molar refractivity (Wildman–Crippen MR) is 161 cm³/mol. The van der Waals surface area contributed by atoms with Gasteiger partial charge in [0.25, 0.3) is 0 Å². The Morgan fingerprint density at radius 2 is 1.72 bits per heavy atom. The van der Waals surface area contributed by atoms with Gasteiger partial charge in [0.1, 0.15) is 11.4 Å². The summed E-state index contributed by atoms with van der Waals surface area (Å²) in [5.41, 5.74) is 4.68. The lowest BCUT2D eigenvalue weighted by Gasteiger charge is -2.46. The van der Waals surface area contributed by atoms with Crippen molar-refractivity contribution in [1.82, 2.24) is 14.9 Å². The third-order valence-electron chi connectivity index (χ3n) is 8.11. The number of nitrogens with zero attached hydrogens (tertiary/aromatic N) is 4. The number of thioether (sulfide) groups is 1. The maximum absolute atomic E-state index is 12.9. The number of fused-ring (bicyclic) bond motifs is 2. The van der Waals surface area contributed by atoms with E-state index >= 15 is 0 Å². The Morgan fingerprint density at radius 3 is 2.38 bits per heavy atom. The second-order valence-electron chi connectivity index (χ2n) is 12.5. The molecule has 2 aliphatic rings. The highest BCUT2D eigenvalue weighted by molar-refractivity contribution is 7.98. The summed E-state index contributed by atoms with van der Waals surface area (Å²) in [6.07, 6.45) is 3.67. The first-order valence-corrected chi connectivity index (χ1v) is 15.4. The van der Waals surface area contributed by atoms with Crippen LogP contribution in [0.25, 0.3) is 10.8 Å². The van der Waals surface area contributed by atoms with E-state index in [9.17, 15) is 4.79 Å². The third-order valence-corrected chi connectivity index (χ3v) is 8.66. The second kappa shape index (κ2) is 10.6. The van der Waals surface area contributed by atoms with Gasteiger partial charge in [-0.25, -0.2) is 14.8 Å². The molecule has 1 saturated heterocycles. The van der Waals surface area contributed by atoms with Crippen molar-refractivity contribution < 1.29 is 9.53 Å². The van der Waals surface area contributed by atoms with Crippen molar-refractivity contribution in [3.63, 3.8) is 0 Å². The fourth-order valence-electron chi connectivity index (χ4n) is 6.49. The largest absolute Gasteiger partial charge is 0.444 e. The fourth-order valence-corrected chi connectivity index (χ4v) is 6.87. The van der Waals surface area contributed by atoms with E-state index in [0.29, 0.717) is 24.9 Å². The quantitative estimate of drug-likeness (QED) is 0.260. The molecule has 208 valence electrons. The van der Waals surface area contributed by atoms with Crippen LogP contribution < -0.4 is 4.90 Å². The van der Waals surface area contributed by atoms with E-state index in [1.54, 1.807) is 11.8 Å². The van der Waals surface area contributed by atoms with Gasteiger partial charge < -0.3 is 14.5 Å². The van der Waals surface area contributed by atoms with E-state index in [1.807, 2.05) is 25.7 Å². The molecular formula is C32H42N4O2S. The standard InChI is InChI=1S/C32H42N4O2S/c1-19-13-23-11-9-10-12-24(23)26(14-19)25-16-28-27(15-20(25)2)29(34-30(33-28)39-8)36-21(3)17-35(18-22(36)4)31(37)38-32(5,6)7/h9-14,20-22,25H,15-18H2,1-8H3/t20?,21-,22-,25?/m0/s1. The van der Waals surface area contributed by atoms with Crippen LogP contribution in [-0.4, -0.2) is 58.0 Å². The number of hydrogen-bond donors (Lipinski definition) is 0. The minimum Gasteiger partial charge on any atom is -0.444 e. The minimum atomic E-state index is -0.505. The third kappa shape index (κ3) is 5.60. The number of ether oxygens (including phenoxy) is 1. The van der Waals surface area contributed by atoms with Crippen molar-refractivity contribution in [3.05, 3.63) is 58.8 Å². The van der Waals surface area contributed by atoms with Crippen LogP contribution in [-0.2, 0) is 17.6 Å². The Hall–Kier alpha value is -2.80. The molecule has 0 spiro atoms. The van der Waals surface area contributed by atoms with E-state index in [4.69, 9.17) is 14.7 Å². The fraction of sp³-hybridized carbons (Fsp3) is 0.531. The van der Waals surface area contributed by atoms with Crippen LogP contribution in [0.1, 0.15) is 69.8 Å². The highest BCUT2D eigenvalue weighted by Crippen LogP contribution is 2.43. The average Bonchev–Trinajstić information content (AvgIpc) is 2.86.